The van der Waals surface area contributed by atoms with Gasteiger partial charge in [-0.1, -0.05) is 18.3 Å². The van der Waals surface area contributed by atoms with Crippen molar-refractivity contribution < 1.29 is 0 Å². The van der Waals surface area contributed by atoms with Gasteiger partial charge in [0.2, 0.25) is 0 Å². The molecule has 0 aromatic carbocycles. The summed E-state index contributed by atoms with van der Waals surface area (Å²) in [5.41, 5.74) is 4.06. The Morgan fingerprint density at radius 1 is 1.33 bits per heavy atom. The second-order valence-electron chi connectivity index (χ2n) is 3.49. The average molecular weight is 179 g/mol. The van der Waals surface area contributed by atoms with Crippen molar-refractivity contribution >= 4 is 12.2 Å². The molecule has 64 valence electrons. The van der Waals surface area contributed by atoms with Crippen LogP contribution in [0.15, 0.2) is 6.07 Å². The first kappa shape index (κ1) is 7.99. The summed E-state index contributed by atoms with van der Waals surface area (Å²) >= 11 is 5.18. The molecule has 0 saturated carbocycles. The summed E-state index contributed by atoms with van der Waals surface area (Å²) in [4.78, 5) is 3.31. The molecule has 0 amide bonds. The molecule has 0 aliphatic heterocycles. The number of aromatic nitrogens is 1. The Kier molecular flexibility index (Phi) is 2.01. The third-order valence-electron chi connectivity index (χ3n) is 2.52. The van der Waals surface area contributed by atoms with Gasteiger partial charge in [-0.3, -0.25) is 0 Å². The molecule has 1 nitrogen and oxygen atoms in total. The van der Waals surface area contributed by atoms with Gasteiger partial charge >= 0.3 is 0 Å². The van der Waals surface area contributed by atoms with E-state index >= 15 is 0 Å². The van der Waals surface area contributed by atoms with Gasteiger partial charge < -0.3 is 4.98 Å². The second-order valence-corrected chi connectivity index (χ2v) is 3.90. The summed E-state index contributed by atoms with van der Waals surface area (Å²) in [6.45, 7) is 2.08. The molecule has 1 heterocycles. The summed E-state index contributed by atoms with van der Waals surface area (Å²) in [5.74, 6) is 0. The zero-order valence-electron chi connectivity index (χ0n) is 7.31. The predicted molar refractivity (Wildman–Crippen MR) is 53.0 cm³/mol. The van der Waals surface area contributed by atoms with E-state index in [1.165, 1.54) is 42.5 Å². The van der Waals surface area contributed by atoms with Crippen molar-refractivity contribution in [1.29, 1.82) is 0 Å². The molecule has 2 heteroatoms. The fourth-order valence-electron chi connectivity index (χ4n) is 1.79. The number of rotatable bonds is 0. The van der Waals surface area contributed by atoms with Crippen molar-refractivity contribution in [3.05, 3.63) is 27.5 Å². The van der Waals surface area contributed by atoms with Crippen molar-refractivity contribution in [3.8, 4) is 0 Å². The van der Waals surface area contributed by atoms with Crippen molar-refractivity contribution in [1.82, 2.24) is 4.98 Å². The van der Waals surface area contributed by atoms with Crippen molar-refractivity contribution in [2.75, 3.05) is 0 Å². The van der Waals surface area contributed by atoms with Gasteiger partial charge in [-0.25, -0.2) is 0 Å². The predicted octanol–water partition coefficient (Wildman–Crippen LogP) is 2.93. The highest BCUT2D eigenvalue weighted by Gasteiger charge is 2.09. The van der Waals surface area contributed by atoms with E-state index < -0.39 is 0 Å². The second kappa shape index (κ2) is 3.02. The lowest BCUT2D eigenvalue weighted by Crippen LogP contribution is -2.05. The largest absolute Gasteiger partial charge is 0.350 e. The molecule has 0 unspecified atom stereocenters. The smallest absolute Gasteiger partial charge is 0.106 e. The molecule has 1 aromatic rings. The van der Waals surface area contributed by atoms with Gasteiger partial charge in [0.25, 0.3) is 0 Å². The molecule has 1 aromatic heterocycles. The summed E-state index contributed by atoms with van der Waals surface area (Å²) in [7, 11) is 0. The highest BCUT2D eigenvalue weighted by Crippen LogP contribution is 2.20. The van der Waals surface area contributed by atoms with E-state index in [9.17, 15) is 0 Å². The van der Waals surface area contributed by atoms with Crippen LogP contribution in [0.25, 0.3) is 0 Å². The molecule has 0 radical (unpaired) electrons. The zero-order valence-corrected chi connectivity index (χ0v) is 8.13. The van der Waals surface area contributed by atoms with Crippen LogP contribution in [-0.2, 0) is 12.8 Å². The molecule has 0 atom stereocenters. The molecular formula is C10H13NS. The normalized spacial score (nSPS) is 15.8. The Hall–Kier alpha value is -0.630. The standard InChI is InChI=1S/C10H13NS/c1-7-6-8-4-2-3-5-9(8)11-10(7)12/h6H,2-5H2,1H3,(H,11,12). The zero-order chi connectivity index (χ0) is 8.55. The van der Waals surface area contributed by atoms with E-state index in [4.69, 9.17) is 12.2 Å². The van der Waals surface area contributed by atoms with Gasteiger partial charge in [-0.15, -0.1) is 0 Å². The van der Waals surface area contributed by atoms with Crippen molar-refractivity contribution in [2.45, 2.75) is 32.6 Å². The van der Waals surface area contributed by atoms with Gasteiger partial charge in [0.05, 0.1) is 0 Å². The number of pyridine rings is 1. The van der Waals surface area contributed by atoms with Gasteiger partial charge in [0, 0.05) is 5.69 Å². The Labute approximate surface area is 77.8 Å². The maximum atomic E-state index is 5.18. The third-order valence-corrected chi connectivity index (χ3v) is 2.95. The number of nitrogens with one attached hydrogen (secondary N) is 1. The topological polar surface area (TPSA) is 15.8 Å². The quantitative estimate of drug-likeness (QED) is 0.605. The minimum atomic E-state index is 0.913. The number of fused-ring (bicyclic) bond motifs is 1. The molecule has 1 aliphatic rings. The Bertz CT molecular complexity index is 351. The number of hydrogen-bond donors (Lipinski definition) is 1. The lowest BCUT2D eigenvalue weighted by molar-refractivity contribution is 0.665. The van der Waals surface area contributed by atoms with E-state index in [1.54, 1.807) is 0 Å². The molecule has 0 spiro atoms. The molecule has 0 bridgehead atoms. The fourth-order valence-corrected chi connectivity index (χ4v) is 1.98. The minimum Gasteiger partial charge on any atom is -0.350 e. The molecular weight excluding hydrogens is 166 g/mol. The average Bonchev–Trinajstić information content (AvgIpc) is 2.07. The number of aryl methyl sites for hydroxylation is 3. The summed E-state index contributed by atoms with van der Waals surface area (Å²) < 4.78 is 0.913. The first-order valence-electron chi connectivity index (χ1n) is 4.49. The van der Waals surface area contributed by atoms with Crippen LogP contribution >= 0.6 is 12.2 Å². The SMILES string of the molecule is Cc1cc2c([nH]c1=S)CCCC2. The van der Waals surface area contributed by atoms with E-state index in [1.807, 2.05) is 0 Å². The van der Waals surface area contributed by atoms with Crippen LogP contribution in [-0.4, -0.2) is 4.98 Å². The van der Waals surface area contributed by atoms with E-state index in [2.05, 4.69) is 18.0 Å². The molecule has 12 heavy (non-hydrogen) atoms. The molecule has 0 saturated heterocycles. The number of H-pyrrole nitrogens is 1. The van der Waals surface area contributed by atoms with Crippen LogP contribution in [0.2, 0.25) is 0 Å². The van der Waals surface area contributed by atoms with Crippen molar-refractivity contribution in [2.24, 2.45) is 0 Å². The number of hydrogen-bond acceptors (Lipinski definition) is 1. The summed E-state index contributed by atoms with van der Waals surface area (Å²) in [5, 5.41) is 0. The van der Waals surface area contributed by atoms with Crippen molar-refractivity contribution in [3.63, 3.8) is 0 Å². The van der Waals surface area contributed by atoms with E-state index in [0.717, 1.165) is 4.64 Å². The van der Waals surface area contributed by atoms with Gasteiger partial charge in [-0.2, -0.15) is 0 Å². The maximum absolute atomic E-state index is 5.18. The first-order chi connectivity index (χ1) is 5.77. The molecule has 0 fully saturated rings. The van der Waals surface area contributed by atoms with Gasteiger partial charge in [-0.05, 0) is 43.7 Å². The monoisotopic (exact) mass is 179 g/mol. The lowest BCUT2D eigenvalue weighted by atomic mass is 9.95. The number of aromatic amines is 1. The van der Waals surface area contributed by atoms with Crippen LogP contribution in [0, 0.1) is 11.6 Å². The lowest BCUT2D eigenvalue weighted by Gasteiger charge is -2.15. The Morgan fingerprint density at radius 2 is 2.08 bits per heavy atom. The van der Waals surface area contributed by atoms with Crippen LogP contribution in [0.5, 0.6) is 0 Å². The van der Waals surface area contributed by atoms with Gasteiger partial charge in [0.15, 0.2) is 0 Å². The van der Waals surface area contributed by atoms with Crippen LogP contribution < -0.4 is 0 Å². The Balaban J connectivity index is 2.56. The Morgan fingerprint density at radius 3 is 2.92 bits per heavy atom. The third kappa shape index (κ3) is 1.31. The van der Waals surface area contributed by atoms with E-state index in [-0.39, 0.29) is 0 Å². The molecule has 2 rings (SSSR count). The minimum absolute atomic E-state index is 0.913. The first-order valence-corrected chi connectivity index (χ1v) is 4.90. The van der Waals surface area contributed by atoms with E-state index in [0.29, 0.717) is 0 Å². The molecule has 1 N–H and O–H groups in total. The molecule has 1 aliphatic carbocycles. The highest BCUT2D eigenvalue weighted by molar-refractivity contribution is 7.71. The summed E-state index contributed by atoms with van der Waals surface area (Å²) in [6.07, 6.45) is 5.04. The van der Waals surface area contributed by atoms with Crippen LogP contribution in [0.3, 0.4) is 0 Å². The maximum Gasteiger partial charge on any atom is 0.106 e. The van der Waals surface area contributed by atoms with Crippen LogP contribution in [0.4, 0.5) is 0 Å². The fraction of sp³-hybridized carbons (Fsp3) is 0.500. The van der Waals surface area contributed by atoms with Crippen LogP contribution in [0.1, 0.15) is 29.7 Å². The highest BCUT2D eigenvalue weighted by atomic mass is 32.1. The summed E-state index contributed by atoms with van der Waals surface area (Å²) in [6, 6.07) is 2.24. The van der Waals surface area contributed by atoms with Gasteiger partial charge in [0.1, 0.15) is 4.64 Å².